The Kier molecular flexibility index (Phi) is 5.08. The predicted octanol–water partition coefficient (Wildman–Crippen LogP) is 3.47. The molecule has 90 valence electrons. The maximum atomic E-state index is 5.62. The lowest BCUT2D eigenvalue weighted by atomic mass is 10.0. The first-order valence-corrected chi connectivity index (χ1v) is 5.93. The third kappa shape index (κ3) is 4.19. The van der Waals surface area contributed by atoms with E-state index in [-0.39, 0.29) is 0 Å². The smallest absolute Gasteiger partial charge is 0.0314 e. The Morgan fingerprint density at radius 3 is 1.24 bits per heavy atom. The van der Waals surface area contributed by atoms with E-state index in [2.05, 4.69) is 0 Å². The van der Waals surface area contributed by atoms with Gasteiger partial charge in [-0.05, 0) is 41.8 Å². The largest absolute Gasteiger partial charge is 0.399 e. The number of hydrogen-bond donors (Lipinski definition) is 2. The molecule has 17 heavy (non-hydrogen) atoms. The van der Waals surface area contributed by atoms with Crippen molar-refractivity contribution >= 4 is 11.4 Å². The molecule has 0 spiro atoms. The Bertz CT molecular complexity index is 386. The van der Waals surface area contributed by atoms with E-state index in [0.717, 1.165) is 17.8 Å². The van der Waals surface area contributed by atoms with Crippen LogP contribution in [0, 0.1) is 0 Å². The van der Waals surface area contributed by atoms with Gasteiger partial charge in [0.1, 0.15) is 0 Å². The molecule has 0 bridgehead atoms. The van der Waals surface area contributed by atoms with Crippen LogP contribution in [0.1, 0.15) is 25.0 Å². The van der Waals surface area contributed by atoms with Crippen LogP contribution in [0.4, 0.5) is 11.4 Å². The lowest BCUT2D eigenvalue weighted by Crippen LogP contribution is -1.90. The van der Waals surface area contributed by atoms with Crippen LogP contribution in [0.5, 0.6) is 0 Å². The fourth-order valence-corrected chi connectivity index (χ4v) is 1.51. The predicted molar refractivity (Wildman–Crippen MR) is 75.9 cm³/mol. The maximum absolute atomic E-state index is 5.62. The van der Waals surface area contributed by atoms with E-state index in [9.17, 15) is 0 Å². The summed E-state index contributed by atoms with van der Waals surface area (Å²) in [6, 6.07) is 15.9. The van der Waals surface area contributed by atoms with Gasteiger partial charge in [-0.1, -0.05) is 38.1 Å². The summed E-state index contributed by atoms with van der Waals surface area (Å²) in [4.78, 5) is 0. The molecule has 0 unspecified atom stereocenters. The van der Waals surface area contributed by atoms with Crippen LogP contribution >= 0.6 is 0 Å². The second-order valence-corrected chi connectivity index (χ2v) is 3.66. The molecule has 0 fully saturated rings. The van der Waals surface area contributed by atoms with Crippen molar-refractivity contribution in [2.24, 2.45) is 0 Å². The van der Waals surface area contributed by atoms with Gasteiger partial charge in [-0.3, -0.25) is 0 Å². The van der Waals surface area contributed by atoms with E-state index in [1.165, 1.54) is 11.1 Å². The van der Waals surface area contributed by atoms with Crippen molar-refractivity contribution in [3.05, 3.63) is 59.7 Å². The molecule has 0 radical (unpaired) electrons. The third-order valence-electron chi connectivity index (χ3n) is 2.37. The van der Waals surface area contributed by atoms with Crippen molar-refractivity contribution in [2.75, 3.05) is 11.5 Å². The molecule has 0 heterocycles. The highest BCUT2D eigenvalue weighted by Gasteiger charge is 1.95. The van der Waals surface area contributed by atoms with Gasteiger partial charge in [0.05, 0.1) is 0 Å². The van der Waals surface area contributed by atoms with Crippen LogP contribution in [0.3, 0.4) is 0 Å². The number of nitrogen functional groups attached to an aromatic ring is 2. The summed E-state index contributed by atoms with van der Waals surface area (Å²) in [5, 5.41) is 0. The zero-order valence-electron chi connectivity index (χ0n) is 10.5. The zero-order chi connectivity index (χ0) is 12.7. The van der Waals surface area contributed by atoms with Crippen LogP contribution in [-0.2, 0) is 6.42 Å². The van der Waals surface area contributed by atoms with E-state index in [1.54, 1.807) is 0 Å². The summed E-state index contributed by atoms with van der Waals surface area (Å²) in [5.41, 5.74) is 15.4. The van der Waals surface area contributed by atoms with E-state index >= 15 is 0 Å². The second-order valence-electron chi connectivity index (χ2n) is 3.66. The molecule has 0 atom stereocenters. The zero-order valence-corrected chi connectivity index (χ0v) is 10.5. The first-order valence-electron chi connectivity index (χ1n) is 5.93. The third-order valence-corrected chi connectivity index (χ3v) is 2.37. The molecule has 2 nitrogen and oxygen atoms in total. The van der Waals surface area contributed by atoms with Gasteiger partial charge in [-0.2, -0.15) is 0 Å². The molecule has 2 aromatic carbocycles. The quantitative estimate of drug-likeness (QED) is 0.773. The van der Waals surface area contributed by atoms with Gasteiger partial charge < -0.3 is 11.5 Å². The van der Waals surface area contributed by atoms with E-state index in [4.69, 9.17) is 11.5 Å². The summed E-state index contributed by atoms with van der Waals surface area (Å²) in [5.74, 6) is 0. The lowest BCUT2D eigenvalue weighted by Gasteiger charge is -2.02. The number of benzene rings is 2. The molecular weight excluding hydrogens is 208 g/mol. The number of anilines is 2. The molecule has 2 heteroatoms. The fourth-order valence-electron chi connectivity index (χ4n) is 1.51. The first kappa shape index (κ1) is 13.1. The van der Waals surface area contributed by atoms with E-state index in [1.807, 2.05) is 62.4 Å². The molecule has 0 aliphatic rings. The van der Waals surface area contributed by atoms with E-state index in [0.29, 0.717) is 0 Å². The van der Waals surface area contributed by atoms with Gasteiger partial charge in [-0.25, -0.2) is 0 Å². The van der Waals surface area contributed by atoms with Crippen LogP contribution in [0.15, 0.2) is 48.5 Å². The van der Waals surface area contributed by atoms with Crippen LogP contribution in [0.2, 0.25) is 0 Å². The SMILES string of the molecule is CC.Nc1ccc(Cc2ccc(N)cc2)cc1. The lowest BCUT2D eigenvalue weighted by molar-refractivity contribution is 1.19. The molecule has 0 amide bonds. The van der Waals surface area contributed by atoms with Crippen LogP contribution in [0.25, 0.3) is 0 Å². The molecule has 0 saturated carbocycles. The normalized spacial score (nSPS) is 9.29. The van der Waals surface area contributed by atoms with Gasteiger partial charge in [0.25, 0.3) is 0 Å². The molecule has 0 aliphatic carbocycles. The van der Waals surface area contributed by atoms with Gasteiger partial charge in [0, 0.05) is 11.4 Å². The Morgan fingerprint density at radius 2 is 0.941 bits per heavy atom. The van der Waals surface area contributed by atoms with Crippen molar-refractivity contribution in [1.82, 2.24) is 0 Å². The van der Waals surface area contributed by atoms with Crippen LogP contribution < -0.4 is 11.5 Å². The molecule has 2 aromatic rings. The monoisotopic (exact) mass is 228 g/mol. The molecule has 4 N–H and O–H groups in total. The standard InChI is InChI=1S/C13H14N2.C2H6/c14-12-5-1-10(2-6-12)9-11-3-7-13(15)8-4-11;1-2/h1-8H,9,14-15H2;1-2H3. The summed E-state index contributed by atoms with van der Waals surface area (Å²) in [7, 11) is 0. The number of rotatable bonds is 2. The number of hydrogen-bond acceptors (Lipinski definition) is 2. The summed E-state index contributed by atoms with van der Waals surface area (Å²) < 4.78 is 0. The minimum atomic E-state index is 0.802. The minimum Gasteiger partial charge on any atom is -0.399 e. The first-order chi connectivity index (χ1) is 8.24. The van der Waals surface area contributed by atoms with E-state index < -0.39 is 0 Å². The van der Waals surface area contributed by atoms with Crippen molar-refractivity contribution in [3.8, 4) is 0 Å². The average Bonchev–Trinajstić information content (AvgIpc) is 2.37. The van der Waals surface area contributed by atoms with Crippen molar-refractivity contribution in [3.63, 3.8) is 0 Å². The highest BCUT2D eigenvalue weighted by Crippen LogP contribution is 2.13. The Morgan fingerprint density at radius 1 is 0.647 bits per heavy atom. The van der Waals surface area contributed by atoms with Crippen molar-refractivity contribution < 1.29 is 0 Å². The van der Waals surface area contributed by atoms with Gasteiger partial charge in [-0.15, -0.1) is 0 Å². The average molecular weight is 228 g/mol. The summed E-state index contributed by atoms with van der Waals surface area (Å²) in [6.07, 6.45) is 0.917. The second kappa shape index (κ2) is 6.59. The molecule has 0 aromatic heterocycles. The van der Waals surface area contributed by atoms with Crippen LogP contribution in [-0.4, -0.2) is 0 Å². The highest BCUT2D eigenvalue weighted by atomic mass is 14.5. The Balaban J connectivity index is 0.000000686. The molecule has 0 aliphatic heterocycles. The topological polar surface area (TPSA) is 52.0 Å². The summed E-state index contributed by atoms with van der Waals surface area (Å²) in [6.45, 7) is 4.00. The van der Waals surface area contributed by atoms with Crippen molar-refractivity contribution in [1.29, 1.82) is 0 Å². The highest BCUT2D eigenvalue weighted by molar-refractivity contribution is 5.43. The van der Waals surface area contributed by atoms with Gasteiger partial charge in [0.2, 0.25) is 0 Å². The Hall–Kier alpha value is -1.96. The summed E-state index contributed by atoms with van der Waals surface area (Å²) >= 11 is 0. The fraction of sp³-hybridized carbons (Fsp3) is 0.200. The molecule has 2 rings (SSSR count). The van der Waals surface area contributed by atoms with Gasteiger partial charge in [0.15, 0.2) is 0 Å². The number of nitrogens with two attached hydrogens (primary N) is 2. The maximum Gasteiger partial charge on any atom is 0.0314 e. The van der Waals surface area contributed by atoms with Gasteiger partial charge >= 0.3 is 0 Å². The Labute approximate surface area is 103 Å². The molecular formula is C15H20N2. The minimum absolute atomic E-state index is 0.802. The van der Waals surface area contributed by atoms with Crippen molar-refractivity contribution in [2.45, 2.75) is 20.3 Å². The molecule has 0 saturated heterocycles.